The van der Waals surface area contributed by atoms with Gasteiger partial charge in [0.2, 0.25) is 0 Å². The van der Waals surface area contributed by atoms with E-state index in [1.165, 1.54) is 6.07 Å². The molecule has 3 aromatic rings. The van der Waals surface area contributed by atoms with E-state index in [0.717, 1.165) is 10.5 Å². The third-order valence-electron chi connectivity index (χ3n) is 5.70. The molecule has 8 heteroatoms. The van der Waals surface area contributed by atoms with Crippen molar-refractivity contribution >= 4 is 34.5 Å². The van der Waals surface area contributed by atoms with Gasteiger partial charge >= 0.3 is 11.7 Å². The highest BCUT2D eigenvalue weighted by atomic mass is 35.5. The van der Waals surface area contributed by atoms with Crippen molar-refractivity contribution in [2.24, 2.45) is 0 Å². The molecule has 2 aliphatic rings. The molecule has 1 atom stereocenters. The van der Waals surface area contributed by atoms with Gasteiger partial charge in [-0.3, -0.25) is 9.69 Å². The first-order valence-corrected chi connectivity index (χ1v) is 9.86. The Morgan fingerprint density at radius 2 is 1.97 bits per heavy atom. The van der Waals surface area contributed by atoms with E-state index in [4.69, 9.17) is 20.8 Å². The number of aryl methyl sites for hydroxylation is 1. The van der Waals surface area contributed by atoms with Gasteiger partial charge in [-0.25, -0.2) is 9.59 Å². The summed E-state index contributed by atoms with van der Waals surface area (Å²) in [6, 6.07) is 11.3. The second-order valence-corrected chi connectivity index (χ2v) is 7.92. The molecule has 3 heterocycles. The average molecular weight is 425 g/mol. The molecule has 7 nitrogen and oxygen atoms in total. The lowest BCUT2D eigenvalue weighted by Crippen LogP contribution is -2.47. The van der Waals surface area contributed by atoms with Gasteiger partial charge < -0.3 is 14.5 Å². The van der Waals surface area contributed by atoms with Crippen LogP contribution in [0.2, 0.25) is 5.02 Å². The van der Waals surface area contributed by atoms with Gasteiger partial charge in [-0.2, -0.15) is 0 Å². The smallest absolute Gasteiger partial charge is 0.336 e. The molecule has 0 unspecified atom stereocenters. The lowest BCUT2D eigenvalue weighted by molar-refractivity contribution is -0.133. The molecule has 30 heavy (non-hydrogen) atoms. The third kappa shape index (κ3) is 2.69. The van der Waals surface area contributed by atoms with Crippen molar-refractivity contribution in [1.29, 1.82) is 0 Å². The molecule has 5 rings (SSSR count). The molecule has 1 spiro atoms. The monoisotopic (exact) mass is 424 g/mol. The van der Waals surface area contributed by atoms with Gasteiger partial charge in [-0.1, -0.05) is 29.8 Å². The van der Waals surface area contributed by atoms with Crippen molar-refractivity contribution in [3.8, 4) is 5.75 Å². The molecule has 0 bridgehead atoms. The van der Waals surface area contributed by atoms with E-state index in [9.17, 15) is 14.4 Å². The summed E-state index contributed by atoms with van der Waals surface area (Å²) in [4.78, 5) is 39.5. The fraction of sp³-hybridized carbons (Fsp3) is 0.227. The molecular weight excluding hydrogens is 408 g/mol. The number of urea groups is 1. The Bertz CT molecular complexity index is 1280. The average Bonchev–Trinajstić information content (AvgIpc) is 2.94. The van der Waals surface area contributed by atoms with Crippen LogP contribution in [0.4, 0.5) is 4.79 Å². The zero-order valence-corrected chi connectivity index (χ0v) is 16.8. The number of carbonyl (C=O) groups excluding carboxylic acids is 2. The Balaban J connectivity index is 1.58. The number of hydrogen-bond donors (Lipinski definition) is 1. The zero-order chi connectivity index (χ0) is 21.0. The van der Waals surface area contributed by atoms with Crippen LogP contribution in [0.15, 0.2) is 51.7 Å². The van der Waals surface area contributed by atoms with Crippen LogP contribution in [0, 0.1) is 6.92 Å². The molecule has 1 N–H and O–H groups in total. The zero-order valence-electron chi connectivity index (χ0n) is 16.0. The van der Waals surface area contributed by atoms with Gasteiger partial charge in [-0.15, -0.1) is 0 Å². The number of imide groups is 1. The van der Waals surface area contributed by atoms with Gasteiger partial charge in [-0.05, 0) is 36.2 Å². The normalized spacial score (nSPS) is 20.4. The number of amides is 3. The highest BCUT2D eigenvalue weighted by Gasteiger charge is 2.54. The quantitative estimate of drug-likeness (QED) is 0.502. The van der Waals surface area contributed by atoms with Gasteiger partial charge in [0.25, 0.3) is 5.91 Å². The lowest BCUT2D eigenvalue weighted by Gasteiger charge is -2.33. The molecular formula is C22H17ClN2O5. The second kappa shape index (κ2) is 6.60. The third-order valence-corrected chi connectivity index (χ3v) is 6.10. The number of benzene rings is 2. The topological polar surface area (TPSA) is 88.8 Å². The summed E-state index contributed by atoms with van der Waals surface area (Å²) >= 11 is 6.25. The van der Waals surface area contributed by atoms with E-state index >= 15 is 0 Å². The summed E-state index contributed by atoms with van der Waals surface area (Å²) in [5.41, 5.74) is 0.513. The minimum Gasteiger partial charge on any atom is -0.493 e. The summed E-state index contributed by atoms with van der Waals surface area (Å²) in [7, 11) is 0. The molecule has 1 fully saturated rings. The lowest BCUT2D eigenvalue weighted by atomic mass is 9.84. The van der Waals surface area contributed by atoms with Crippen LogP contribution >= 0.6 is 11.6 Å². The summed E-state index contributed by atoms with van der Waals surface area (Å²) in [5, 5.41) is 3.95. The van der Waals surface area contributed by atoms with E-state index in [0.29, 0.717) is 45.9 Å². The van der Waals surface area contributed by atoms with E-state index < -0.39 is 17.2 Å². The Hall–Kier alpha value is -3.32. The Morgan fingerprint density at radius 1 is 1.17 bits per heavy atom. The molecule has 152 valence electrons. The maximum Gasteiger partial charge on any atom is 0.336 e. The maximum absolute atomic E-state index is 13.5. The maximum atomic E-state index is 13.5. The van der Waals surface area contributed by atoms with Crippen LogP contribution in [-0.4, -0.2) is 23.4 Å². The summed E-state index contributed by atoms with van der Waals surface area (Å²) in [6.45, 7) is 2.04. The Morgan fingerprint density at radius 3 is 2.80 bits per heavy atom. The molecule has 2 aliphatic heterocycles. The van der Waals surface area contributed by atoms with Crippen molar-refractivity contribution in [3.05, 3.63) is 74.6 Å². The number of nitrogens with zero attached hydrogens (tertiary/aromatic N) is 1. The molecule has 0 saturated carbocycles. The van der Waals surface area contributed by atoms with Crippen LogP contribution < -0.4 is 15.7 Å². The van der Waals surface area contributed by atoms with Crippen molar-refractivity contribution in [1.82, 2.24) is 10.2 Å². The van der Waals surface area contributed by atoms with Crippen LogP contribution in [0.5, 0.6) is 5.75 Å². The highest BCUT2D eigenvalue weighted by molar-refractivity contribution is 6.32. The Labute approximate surface area is 176 Å². The van der Waals surface area contributed by atoms with Gasteiger partial charge in [0.1, 0.15) is 11.3 Å². The van der Waals surface area contributed by atoms with E-state index in [1.54, 1.807) is 37.3 Å². The second-order valence-electron chi connectivity index (χ2n) is 7.51. The Kier molecular flexibility index (Phi) is 4.11. The van der Waals surface area contributed by atoms with E-state index in [1.807, 2.05) is 6.07 Å². The van der Waals surface area contributed by atoms with Gasteiger partial charge in [0.15, 0.2) is 5.54 Å². The first kappa shape index (κ1) is 18.7. The van der Waals surface area contributed by atoms with E-state index in [2.05, 4.69) is 5.32 Å². The summed E-state index contributed by atoms with van der Waals surface area (Å²) < 4.78 is 10.9. The molecule has 1 aromatic heterocycles. The fourth-order valence-electron chi connectivity index (χ4n) is 4.16. The minimum absolute atomic E-state index is 0.0725. The van der Waals surface area contributed by atoms with E-state index in [-0.39, 0.29) is 12.5 Å². The predicted molar refractivity (Wildman–Crippen MR) is 110 cm³/mol. The number of rotatable bonds is 2. The summed E-state index contributed by atoms with van der Waals surface area (Å²) in [5.74, 6) is 0.204. The minimum atomic E-state index is -1.17. The standard InChI is InChI=1S/C22H17ClN2O5/c1-12-8-18-14(10-16(12)23)13(9-19(26)30-18)11-25-20(27)22(24-21(25)28)6-7-29-17-5-3-2-4-15(17)22/h2-5,8-10H,6-7,11H2,1H3,(H,24,28)/t22-/m1/s1. The number of para-hydroxylation sites is 1. The largest absolute Gasteiger partial charge is 0.493 e. The van der Waals surface area contributed by atoms with Crippen molar-refractivity contribution in [2.75, 3.05) is 6.61 Å². The number of fused-ring (bicyclic) bond motifs is 3. The van der Waals surface area contributed by atoms with Crippen molar-refractivity contribution in [3.63, 3.8) is 0 Å². The molecule has 1 saturated heterocycles. The molecule has 2 aromatic carbocycles. The number of ether oxygens (including phenoxy) is 1. The van der Waals surface area contributed by atoms with Crippen molar-refractivity contribution in [2.45, 2.75) is 25.4 Å². The van der Waals surface area contributed by atoms with Crippen LogP contribution in [0.1, 0.15) is 23.1 Å². The summed E-state index contributed by atoms with van der Waals surface area (Å²) in [6.07, 6.45) is 0.327. The first-order chi connectivity index (χ1) is 14.4. The van der Waals surface area contributed by atoms with Crippen LogP contribution in [0.25, 0.3) is 11.0 Å². The van der Waals surface area contributed by atoms with Crippen LogP contribution in [0.3, 0.4) is 0 Å². The highest BCUT2D eigenvalue weighted by Crippen LogP contribution is 2.41. The number of halogens is 1. The number of hydrogen-bond acceptors (Lipinski definition) is 5. The molecule has 0 radical (unpaired) electrons. The first-order valence-electron chi connectivity index (χ1n) is 9.48. The predicted octanol–water partition coefficient (Wildman–Crippen LogP) is 3.48. The number of nitrogens with one attached hydrogen (secondary N) is 1. The molecule has 3 amide bonds. The van der Waals surface area contributed by atoms with Gasteiger partial charge in [0, 0.05) is 28.5 Å². The van der Waals surface area contributed by atoms with Crippen molar-refractivity contribution < 1.29 is 18.7 Å². The van der Waals surface area contributed by atoms with Crippen LogP contribution in [-0.2, 0) is 16.9 Å². The fourth-order valence-corrected chi connectivity index (χ4v) is 4.33. The SMILES string of the molecule is Cc1cc2oc(=O)cc(CN3C(=O)N[C@@]4(CCOc5ccccc54)C3=O)c2cc1Cl. The van der Waals surface area contributed by atoms with Gasteiger partial charge in [0.05, 0.1) is 13.2 Å². The number of carbonyl (C=O) groups is 2. The molecule has 0 aliphatic carbocycles.